The fourth-order valence-corrected chi connectivity index (χ4v) is 4.03. The third kappa shape index (κ3) is 4.73. The average molecular weight is 385 g/mol. The minimum absolute atomic E-state index is 0.0432. The standard InChI is InChI=1S/C12H15BrClNO4S/c1-7(2)5-10(12(16)17)15-20(18,19)11-6-8(14)3-4-9(11)13/h3-4,6-7,10,15H,5H2,1-2H3,(H,16,17)/t10-/m0/s1. The van der Waals surface area contributed by atoms with Crippen LogP contribution in [0.5, 0.6) is 0 Å². The van der Waals surface area contributed by atoms with Gasteiger partial charge in [0.05, 0.1) is 4.90 Å². The molecular formula is C12H15BrClNO4S. The molecule has 0 saturated heterocycles. The number of halogens is 2. The first kappa shape index (κ1) is 17.4. The van der Waals surface area contributed by atoms with E-state index in [-0.39, 0.29) is 22.3 Å². The third-order valence-corrected chi connectivity index (χ3v) is 5.19. The highest BCUT2D eigenvalue weighted by atomic mass is 79.9. The SMILES string of the molecule is CC(C)C[C@H](NS(=O)(=O)c1cc(Cl)ccc1Br)C(=O)O. The summed E-state index contributed by atoms with van der Waals surface area (Å²) in [5.74, 6) is -1.16. The molecule has 0 unspecified atom stereocenters. The Morgan fingerprint density at radius 1 is 1.45 bits per heavy atom. The minimum atomic E-state index is -3.97. The Labute approximate surface area is 131 Å². The monoisotopic (exact) mass is 383 g/mol. The van der Waals surface area contributed by atoms with Crippen LogP contribution in [-0.4, -0.2) is 25.5 Å². The van der Waals surface area contributed by atoms with Gasteiger partial charge in [-0.2, -0.15) is 4.72 Å². The first-order valence-electron chi connectivity index (χ1n) is 5.83. The van der Waals surface area contributed by atoms with Gasteiger partial charge in [0, 0.05) is 9.50 Å². The number of sulfonamides is 1. The third-order valence-electron chi connectivity index (χ3n) is 2.49. The van der Waals surface area contributed by atoms with Gasteiger partial charge in [-0.1, -0.05) is 25.4 Å². The summed E-state index contributed by atoms with van der Waals surface area (Å²) < 4.78 is 27.0. The maximum atomic E-state index is 12.2. The number of carboxylic acid groups (broad SMARTS) is 1. The van der Waals surface area contributed by atoms with Crippen molar-refractivity contribution in [1.82, 2.24) is 4.72 Å². The molecule has 0 aliphatic rings. The van der Waals surface area contributed by atoms with Gasteiger partial charge in [0.1, 0.15) is 6.04 Å². The molecule has 5 nitrogen and oxygen atoms in total. The van der Waals surface area contributed by atoms with E-state index in [0.29, 0.717) is 4.47 Å². The number of hydrogen-bond donors (Lipinski definition) is 2. The maximum absolute atomic E-state index is 12.2. The van der Waals surface area contributed by atoms with Crippen molar-refractivity contribution in [3.63, 3.8) is 0 Å². The molecule has 1 aromatic rings. The molecule has 8 heteroatoms. The van der Waals surface area contributed by atoms with E-state index in [2.05, 4.69) is 20.7 Å². The van der Waals surface area contributed by atoms with Gasteiger partial charge in [-0.3, -0.25) is 4.79 Å². The second-order valence-corrected chi connectivity index (χ2v) is 7.69. The summed E-state index contributed by atoms with van der Waals surface area (Å²) in [6, 6.07) is 3.12. The lowest BCUT2D eigenvalue weighted by Gasteiger charge is -2.17. The molecule has 0 radical (unpaired) electrons. The van der Waals surface area contributed by atoms with Crippen LogP contribution in [0.1, 0.15) is 20.3 Å². The Hall–Kier alpha value is -0.630. The smallest absolute Gasteiger partial charge is 0.321 e. The molecule has 1 aromatic carbocycles. The molecule has 2 N–H and O–H groups in total. The second-order valence-electron chi connectivity index (χ2n) is 4.72. The molecule has 112 valence electrons. The Bertz CT molecular complexity index is 603. The van der Waals surface area contributed by atoms with Gasteiger partial charge in [0.2, 0.25) is 10.0 Å². The van der Waals surface area contributed by atoms with Gasteiger partial charge in [0.25, 0.3) is 0 Å². The number of nitrogens with one attached hydrogen (secondary N) is 1. The molecule has 0 fully saturated rings. The number of hydrogen-bond acceptors (Lipinski definition) is 3. The van der Waals surface area contributed by atoms with Gasteiger partial charge in [0.15, 0.2) is 0 Å². The van der Waals surface area contributed by atoms with Crippen LogP contribution in [0.2, 0.25) is 5.02 Å². The van der Waals surface area contributed by atoms with Crippen molar-refractivity contribution in [1.29, 1.82) is 0 Å². The van der Waals surface area contributed by atoms with Crippen molar-refractivity contribution < 1.29 is 18.3 Å². The molecule has 0 bridgehead atoms. The lowest BCUT2D eigenvalue weighted by molar-refractivity contribution is -0.139. The molecule has 20 heavy (non-hydrogen) atoms. The molecule has 0 aromatic heterocycles. The molecule has 1 rings (SSSR count). The highest BCUT2D eigenvalue weighted by molar-refractivity contribution is 9.10. The van der Waals surface area contributed by atoms with E-state index < -0.39 is 22.0 Å². The van der Waals surface area contributed by atoms with Crippen molar-refractivity contribution in [2.45, 2.75) is 31.2 Å². The average Bonchev–Trinajstić information content (AvgIpc) is 2.30. The predicted octanol–water partition coefficient (Wildman–Crippen LogP) is 2.88. The normalized spacial score (nSPS) is 13.4. The fraction of sp³-hybridized carbons (Fsp3) is 0.417. The Morgan fingerprint density at radius 2 is 2.05 bits per heavy atom. The molecular weight excluding hydrogens is 370 g/mol. The van der Waals surface area contributed by atoms with Gasteiger partial charge in [-0.15, -0.1) is 0 Å². The van der Waals surface area contributed by atoms with Crippen LogP contribution in [0.15, 0.2) is 27.6 Å². The quantitative estimate of drug-likeness (QED) is 0.790. The summed E-state index contributed by atoms with van der Waals surface area (Å²) in [6.45, 7) is 3.64. The largest absolute Gasteiger partial charge is 0.480 e. The number of aliphatic carboxylic acids is 1. The van der Waals surface area contributed by atoms with Gasteiger partial charge in [-0.05, 0) is 46.5 Å². The van der Waals surface area contributed by atoms with Crippen LogP contribution in [0.4, 0.5) is 0 Å². The second kappa shape index (κ2) is 6.89. The van der Waals surface area contributed by atoms with E-state index in [1.54, 1.807) is 0 Å². The summed E-state index contributed by atoms with van der Waals surface area (Å²) in [5.41, 5.74) is 0. The van der Waals surface area contributed by atoms with E-state index in [0.717, 1.165) is 0 Å². The van der Waals surface area contributed by atoms with Crippen molar-refractivity contribution in [2.24, 2.45) is 5.92 Å². The molecule has 1 atom stereocenters. The lowest BCUT2D eigenvalue weighted by Crippen LogP contribution is -2.41. The Kier molecular flexibility index (Phi) is 6.00. The Balaban J connectivity index is 3.09. The first-order chi connectivity index (χ1) is 9.13. The summed E-state index contributed by atoms with van der Waals surface area (Å²) in [7, 11) is -3.97. The van der Waals surface area contributed by atoms with Crippen LogP contribution in [0.25, 0.3) is 0 Å². The van der Waals surface area contributed by atoms with Gasteiger partial charge >= 0.3 is 5.97 Å². The molecule has 0 aliphatic heterocycles. The van der Waals surface area contributed by atoms with Crippen LogP contribution in [0, 0.1) is 5.92 Å². The number of rotatable bonds is 6. The van der Waals surface area contributed by atoms with Crippen molar-refractivity contribution >= 4 is 43.5 Å². The highest BCUT2D eigenvalue weighted by Gasteiger charge is 2.27. The van der Waals surface area contributed by atoms with Gasteiger partial charge in [-0.25, -0.2) is 8.42 Å². The minimum Gasteiger partial charge on any atom is -0.480 e. The van der Waals surface area contributed by atoms with E-state index in [1.165, 1.54) is 18.2 Å². The van der Waals surface area contributed by atoms with Crippen molar-refractivity contribution in [3.8, 4) is 0 Å². The van der Waals surface area contributed by atoms with Crippen molar-refractivity contribution in [2.75, 3.05) is 0 Å². The van der Waals surface area contributed by atoms with E-state index >= 15 is 0 Å². The van der Waals surface area contributed by atoms with Crippen LogP contribution in [0.3, 0.4) is 0 Å². The van der Waals surface area contributed by atoms with Gasteiger partial charge < -0.3 is 5.11 Å². The molecule has 0 amide bonds. The Morgan fingerprint density at radius 3 is 2.55 bits per heavy atom. The zero-order valence-electron chi connectivity index (χ0n) is 10.9. The molecule has 0 aliphatic carbocycles. The van der Waals surface area contributed by atoms with Crippen LogP contribution < -0.4 is 4.72 Å². The predicted molar refractivity (Wildman–Crippen MR) is 80.4 cm³/mol. The van der Waals surface area contributed by atoms with Crippen LogP contribution >= 0.6 is 27.5 Å². The molecule has 0 spiro atoms. The topological polar surface area (TPSA) is 83.5 Å². The maximum Gasteiger partial charge on any atom is 0.321 e. The summed E-state index contributed by atoms with van der Waals surface area (Å²) in [5, 5.41) is 9.35. The lowest BCUT2D eigenvalue weighted by atomic mass is 10.1. The van der Waals surface area contributed by atoms with E-state index in [9.17, 15) is 13.2 Å². The van der Waals surface area contributed by atoms with Crippen molar-refractivity contribution in [3.05, 3.63) is 27.7 Å². The summed E-state index contributed by atoms with van der Waals surface area (Å²) >= 11 is 8.90. The zero-order valence-corrected chi connectivity index (χ0v) is 14.1. The first-order valence-corrected chi connectivity index (χ1v) is 8.49. The summed E-state index contributed by atoms with van der Waals surface area (Å²) in [4.78, 5) is 11.0. The zero-order chi connectivity index (χ0) is 15.5. The van der Waals surface area contributed by atoms with E-state index in [1.807, 2.05) is 13.8 Å². The number of carboxylic acids is 1. The summed E-state index contributed by atoms with van der Waals surface area (Å²) in [6.07, 6.45) is 0.201. The number of carbonyl (C=O) groups is 1. The fourth-order valence-electron chi connectivity index (χ4n) is 1.60. The highest BCUT2D eigenvalue weighted by Crippen LogP contribution is 2.25. The number of benzene rings is 1. The van der Waals surface area contributed by atoms with E-state index in [4.69, 9.17) is 16.7 Å². The van der Waals surface area contributed by atoms with Crippen LogP contribution in [-0.2, 0) is 14.8 Å². The molecule has 0 heterocycles. The molecule has 0 saturated carbocycles.